The molecule has 0 radical (unpaired) electrons. The highest BCUT2D eigenvalue weighted by molar-refractivity contribution is 6.70. The highest BCUT2D eigenvalue weighted by atomic mass is 28.4. The second-order valence-electron chi connectivity index (χ2n) is 2.75. The minimum absolute atomic E-state index is 0.231. The van der Waals surface area contributed by atoms with Crippen molar-refractivity contribution in [2.75, 3.05) is 0 Å². The summed E-state index contributed by atoms with van der Waals surface area (Å²) in [5, 5.41) is 8.25. The lowest BCUT2D eigenvalue weighted by molar-refractivity contribution is 0.448. The summed E-state index contributed by atoms with van der Waals surface area (Å²) < 4.78 is 5.17. The minimum Gasteiger partial charge on any atom is -0.538 e. The van der Waals surface area contributed by atoms with Crippen LogP contribution in [0.2, 0.25) is 19.6 Å². The number of hydrogen-bond donors (Lipinski definition) is 0. The summed E-state index contributed by atoms with van der Waals surface area (Å²) in [7, 11) is -1.56. The Bertz CT molecular complexity index is 151. The van der Waals surface area contributed by atoms with Gasteiger partial charge in [0.05, 0.1) is 0 Å². The van der Waals surface area contributed by atoms with E-state index < -0.39 is 8.32 Å². The van der Waals surface area contributed by atoms with Gasteiger partial charge in [-0.1, -0.05) is 0 Å². The van der Waals surface area contributed by atoms with Gasteiger partial charge in [-0.25, -0.2) is 0 Å². The van der Waals surface area contributed by atoms with Crippen LogP contribution in [0.3, 0.4) is 0 Å². The number of rotatable bonds is 2. The molecule has 0 aliphatic rings. The average Bonchev–Trinajstić information content (AvgIpc) is 1.62. The van der Waals surface area contributed by atoms with Gasteiger partial charge in [0.2, 0.25) is 8.32 Å². The van der Waals surface area contributed by atoms with Gasteiger partial charge in [-0.15, -0.1) is 0 Å². The first kappa shape index (κ1) is 8.25. The molecule has 0 rings (SSSR count). The van der Waals surface area contributed by atoms with Gasteiger partial charge in [0, 0.05) is 0 Å². The van der Waals surface area contributed by atoms with Crippen LogP contribution in [0.5, 0.6) is 0 Å². The van der Waals surface area contributed by atoms with Crippen molar-refractivity contribution in [1.29, 1.82) is 5.26 Å². The molecule has 9 heavy (non-hydrogen) atoms. The molecule has 50 valence electrons. The Kier molecular flexibility index (Phi) is 2.47. The topological polar surface area (TPSA) is 33.0 Å². The van der Waals surface area contributed by atoms with Crippen molar-refractivity contribution >= 4 is 8.32 Å². The van der Waals surface area contributed by atoms with Gasteiger partial charge in [-0.3, -0.25) is 0 Å². The van der Waals surface area contributed by atoms with Crippen molar-refractivity contribution < 1.29 is 4.43 Å². The van der Waals surface area contributed by atoms with Crippen molar-refractivity contribution in [2.24, 2.45) is 0 Å². The summed E-state index contributed by atoms with van der Waals surface area (Å²) in [6.07, 6.45) is 0. The Labute approximate surface area is 56.9 Å². The van der Waals surface area contributed by atoms with Crippen molar-refractivity contribution in [1.82, 2.24) is 0 Å². The van der Waals surface area contributed by atoms with Crippen LogP contribution < -0.4 is 0 Å². The predicted molar refractivity (Wildman–Crippen MR) is 39.2 cm³/mol. The molecule has 0 N–H and O–H groups in total. The molecular weight excluding hydrogens is 130 g/mol. The fourth-order valence-electron chi connectivity index (χ4n) is 0.392. The fraction of sp³-hybridized carbons (Fsp3) is 0.500. The van der Waals surface area contributed by atoms with Crippen LogP contribution in [-0.2, 0) is 4.43 Å². The van der Waals surface area contributed by atoms with E-state index in [1.165, 1.54) is 0 Å². The van der Waals surface area contributed by atoms with Gasteiger partial charge in [-0.2, -0.15) is 5.26 Å². The van der Waals surface area contributed by atoms with Crippen LogP contribution >= 0.6 is 0 Å². The molecule has 0 saturated heterocycles. The zero-order valence-electron chi connectivity index (χ0n) is 6.06. The summed E-state index contributed by atoms with van der Waals surface area (Å²) >= 11 is 0. The number of allylic oxidation sites excluding steroid dienone is 1. The number of hydrogen-bond acceptors (Lipinski definition) is 2. The fourth-order valence-corrected chi connectivity index (χ4v) is 1.18. The Morgan fingerprint density at radius 2 is 2.00 bits per heavy atom. The highest BCUT2D eigenvalue weighted by Gasteiger charge is 2.15. The molecule has 0 amide bonds. The first-order valence-corrected chi connectivity index (χ1v) is 6.14. The molecule has 0 unspecified atom stereocenters. The number of nitriles is 1. The molecule has 0 fully saturated rings. The lowest BCUT2D eigenvalue weighted by Gasteiger charge is -2.16. The predicted octanol–water partition coefficient (Wildman–Crippen LogP) is 1.88. The largest absolute Gasteiger partial charge is 0.538 e. The zero-order valence-corrected chi connectivity index (χ0v) is 7.06. The van der Waals surface area contributed by atoms with E-state index in [1.54, 1.807) is 0 Å². The molecule has 0 aromatic heterocycles. The molecule has 0 bridgehead atoms. The number of nitrogens with zero attached hydrogens (tertiary/aromatic N) is 1. The summed E-state index contributed by atoms with van der Waals surface area (Å²) in [6, 6.07) is 1.84. The standard InChI is InChI=1S/C6H11NOSi/c1-6(5-7)8-9(2,3)4/h1H2,2-4H3. The maximum atomic E-state index is 8.25. The van der Waals surface area contributed by atoms with Gasteiger partial charge in [0.15, 0.2) is 5.76 Å². The summed E-state index contributed by atoms with van der Waals surface area (Å²) in [6.45, 7) is 9.44. The summed E-state index contributed by atoms with van der Waals surface area (Å²) in [4.78, 5) is 0. The van der Waals surface area contributed by atoms with Crippen LogP contribution in [0.25, 0.3) is 0 Å². The van der Waals surface area contributed by atoms with E-state index in [0.717, 1.165) is 0 Å². The van der Waals surface area contributed by atoms with Crippen molar-refractivity contribution in [2.45, 2.75) is 19.6 Å². The van der Waals surface area contributed by atoms with E-state index in [-0.39, 0.29) is 5.76 Å². The van der Waals surface area contributed by atoms with Crippen LogP contribution in [0.4, 0.5) is 0 Å². The quantitative estimate of drug-likeness (QED) is 0.334. The third kappa shape index (κ3) is 5.11. The van der Waals surface area contributed by atoms with E-state index in [2.05, 4.69) is 6.58 Å². The minimum atomic E-state index is -1.56. The molecule has 0 spiro atoms. The van der Waals surface area contributed by atoms with Crippen LogP contribution in [0, 0.1) is 11.3 Å². The zero-order chi connectivity index (χ0) is 7.49. The van der Waals surface area contributed by atoms with Crippen molar-refractivity contribution in [3.63, 3.8) is 0 Å². The molecule has 0 aromatic carbocycles. The first-order valence-electron chi connectivity index (χ1n) is 2.74. The third-order valence-electron chi connectivity index (χ3n) is 0.554. The molecule has 0 saturated carbocycles. The van der Waals surface area contributed by atoms with E-state index in [4.69, 9.17) is 9.69 Å². The lowest BCUT2D eigenvalue weighted by atomic mass is 10.7. The Morgan fingerprint density at radius 3 is 2.11 bits per heavy atom. The van der Waals surface area contributed by atoms with Gasteiger partial charge in [0.25, 0.3) is 0 Å². The summed E-state index contributed by atoms with van der Waals surface area (Å²) in [5.41, 5.74) is 0. The smallest absolute Gasteiger partial charge is 0.243 e. The Balaban J connectivity index is 3.78. The third-order valence-corrected chi connectivity index (χ3v) is 1.41. The average molecular weight is 141 g/mol. The maximum Gasteiger partial charge on any atom is 0.243 e. The normalized spacial score (nSPS) is 10.0. The SMILES string of the molecule is C=C(C#N)O[Si](C)(C)C. The molecule has 2 nitrogen and oxygen atoms in total. The van der Waals surface area contributed by atoms with Gasteiger partial charge in [0.1, 0.15) is 6.07 Å². The summed E-state index contributed by atoms with van der Waals surface area (Å²) in [5.74, 6) is 0.231. The Hall–Kier alpha value is -0.753. The molecule has 0 aromatic rings. The van der Waals surface area contributed by atoms with Gasteiger partial charge in [-0.05, 0) is 26.2 Å². The molecule has 3 heteroatoms. The second kappa shape index (κ2) is 2.69. The van der Waals surface area contributed by atoms with Crippen molar-refractivity contribution in [3.8, 4) is 6.07 Å². The van der Waals surface area contributed by atoms with E-state index in [9.17, 15) is 0 Å². The molecule has 0 aliphatic carbocycles. The van der Waals surface area contributed by atoms with Crippen LogP contribution in [-0.4, -0.2) is 8.32 Å². The molecule has 0 aliphatic heterocycles. The second-order valence-corrected chi connectivity index (χ2v) is 7.18. The molecule has 0 heterocycles. The molecule has 0 atom stereocenters. The highest BCUT2D eigenvalue weighted by Crippen LogP contribution is 2.06. The van der Waals surface area contributed by atoms with E-state index in [0.29, 0.717) is 0 Å². The van der Waals surface area contributed by atoms with Crippen LogP contribution in [0.15, 0.2) is 12.3 Å². The van der Waals surface area contributed by atoms with Crippen LogP contribution in [0.1, 0.15) is 0 Å². The van der Waals surface area contributed by atoms with Gasteiger partial charge >= 0.3 is 0 Å². The monoisotopic (exact) mass is 141 g/mol. The van der Waals surface area contributed by atoms with E-state index >= 15 is 0 Å². The maximum absolute atomic E-state index is 8.25. The molecular formula is C6H11NOSi. The first-order chi connectivity index (χ1) is 3.95. The van der Waals surface area contributed by atoms with Crippen molar-refractivity contribution in [3.05, 3.63) is 12.3 Å². The lowest BCUT2D eigenvalue weighted by Crippen LogP contribution is -2.24. The van der Waals surface area contributed by atoms with Gasteiger partial charge < -0.3 is 4.43 Å². The Morgan fingerprint density at radius 1 is 1.56 bits per heavy atom. The van der Waals surface area contributed by atoms with E-state index in [1.807, 2.05) is 25.7 Å².